The van der Waals surface area contributed by atoms with Crippen LogP contribution in [0.2, 0.25) is 0 Å². The Morgan fingerprint density at radius 3 is 1.26 bits per heavy atom. The molecule has 2 atom stereocenters. The Morgan fingerprint density at radius 2 is 0.920 bits per heavy atom. The number of thiol groups is 2. The van der Waals surface area contributed by atoms with Crippen molar-refractivity contribution in [3.63, 3.8) is 0 Å². The lowest BCUT2D eigenvalue weighted by atomic mass is 10.1. The maximum absolute atomic E-state index is 4.44. The molecule has 2 aromatic carbocycles. The molecule has 4 rings (SSSR count). The molecule has 0 fully saturated rings. The summed E-state index contributed by atoms with van der Waals surface area (Å²) in [6.07, 6.45) is 17.2. The highest BCUT2D eigenvalue weighted by Gasteiger charge is 2.09. The zero-order chi connectivity index (χ0) is 36.5. The standard InChI is InChI=1S/2C21H29N3S/c1-18(17-25)23(4)15-16-24-13-11-20(12-14-24)6-5-19-7-9-21(10-8-19)22(2)3;1-18(25)17-23(4)15-16-24-13-11-20(12-14-24)6-5-19-7-9-21(10-8-19)22(2)3/h2*5-14,18H,15-17H2,1-4H3/p+2. The Bertz CT molecular complexity index is 1570. The van der Waals surface area contributed by atoms with Crippen LogP contribution >= 0.6 is 25.3 Å². The molecule has 0 saturated heterocycles. The minimum absolute atomic E-state index is 0.411. The van der Waals surface area contributed by atoms with Crippen LogP contribution in [0.4, 0.5) is 11.4 Å². The number of benzene rings is 2. The Hall–Kier alpha value is -3.56. The van der Waals surface area contributed by atoms with E-state index in [9.17, 15) is 0 Å². The predicted molar refractivity (Wildman–Crippen MR) is 225 cm³/mol. The van der Waals surface area contributed by atoms with Crippen LogP contribution in [-0.2, 0) is 13.1 Å². The number of nitrogens with zero attached hydrogens (tertiary/aromatic N) is 6. The molecule has 268 valence electrons. The second-order valence-electron chi connectivity index (χ2n) is 13.5. The van der Waals surface area contributed by atoms with Crippen molar-refractivity contribution >= 4 is 60.9 Å². The van der Waals surface area contributed by atoms with Gasteiger partial charge in [0.2, 0.25) is 0 Å². The van der Waals surface area contributed by atoms with E-state index in [0.717, 1.165) is 38.5 Å². The summed E-state index contributed by atoms with van der Waals surface area (Å²) in [4.78, 5) is 8.87. The van der Waals surface area contributed by atoms with Crippen molar-refractivity contribution in [1.82, 2.24) is 9.80 Å². The average molecular weight is 713 g/mol. The lowest BCUT2D eigenvalue weighted by Gasteiger charge is -2.21. The minimum Gasteiger partial charge on any atom is -0.378 e. The van der Waals surface area contributed by atoms with Gasteiger partial charge in [0.05, 0.1) is 13.1 Å². The van der Waals surface area contributed by atoms with Gasteiger partial charge in [0, 0.05) is 87.4 Å². The smallest absolute Gasteiger partial charge is 0.169 e. The second-order valence-corrected chi connectivity index (χ2v) is 14.7. The van der Waals surface area contributed by atoms with Gasteiger partial charge >= 0.3 is 0 Å². The van der Waals surface area contributed by atoms with Crippen molar-refractivity contribution in [2.75, 3.05) is 77.5 Å². The molecule has 0 amide bonds. The van der Waals surface area contributed by atoms with E-state index in [0.29, 0.717) is 11.3 Å². The van der Waals surface area contributed by atoms with E-state index in [-0.39, 0.29) is 0 Å². The molecule has 0 saturated carbocycles. The number of likely N-dealkylation sites (N-methyl/N-ethyl adjacent to an activating group) is 2. The van der Waals surface area contributed by atoms with Crippen LogP contribution < -0.4 is 18.9 Å². The summed E-state index contributed by atoms with van der Waals surface area (Å²) in [5.41, 5.74) is 7.29. The van der Waals surface area contributed by atoms with Gasteiger partial charge in [-0.2, -0.15) is 25.3 Å². The molecular formula is C42H60N6S2+2. The van der Waals surface area contributed by atoms with E-state index in [4.69, 9.17) is 0 Å². The van der Waals surface area contributed by atoms with Gasteiger partial charge in [-0.05, 0) is 67.5 Å². The number of rotatable bonds is 16. The van der Waals surface area contributed by atoms with Crippen molar-refractivity contribution in [1.29, 1.82) is 0 Å². The Balaban J connectivity index is 0.000000270. The average Bonchev–Trinajstić information content (AvgIpc) is 3.12. The zero-order valence-corrected chi connectivity index (χ0v) is 33.3. The quantitative estimate of drug-likeness (QED) is 0.0972. The summed E-state index contributed by atoms with van der Waals surface area (Å²) in [5, 5.41) is 0.411. The third-order valence-corrected chi connectivity index (χ3v) is 9.32. The van der Waals surface area contributed by atoms with Gasteiger partial charge in [0.25, 0.3) is 0 Å². The lowest BCUT2D eigenvalue weighted by molar-refractivity contribution is -0.696. The van der Waals surface area contributed by atoms with Crippen LogP contribution in [0.25, 0.3) is 24.3 Å². The van der Waals surface area contributed by atoms with Crippen LogP contribution in [0.3, 0.4) is 0 Å². The van der Waals surface area contributed by atoms with Gasteiger partial charge in [-0.25, -0.2) is 9.13 Å². The fourth-order valence-electron chi connectivity index (χ4n) is 5.07. The highest BCUT2D eigenvalue weighted by atomic mass is 32.1. The number of aromatic nitrogens is 2. The third-order valence-electron chi connectivity index (χ3n) is 8.63. The van der Waals surface area contributed by atoms with Crippen molar-refractivity contribution in [3.05, 3.63) is 120 Å². The molecule has 0 bridgehead atoms. The Kier molecular flexibility index (Phi) is 17.7. The van der Waals surface area contributed by atoms with E-state index in [1.807, 2.05) is 0 Å². The second kappa shape index (κ2) is 21.6. The first-order valence-electron chi connectivity index (χ1n) is 17.5. The Labute approximate surface area is 314 Å². The summed E-state index contributed by atoms with van der Waals surface area (Å²) in [6.45, 7) is 9.38. The van der Waals surface area contributed by atoms with Crippen LogP contribution in [0.15, 0.2) is 97.6 Å². The molecular weight excluding hydrogens is 653 g/mol. The number of hydrogen-bond donors (Lipinski definition) is 2. The number of pyridine rings is 2. The first-order valence-corrected chi connectivity index (χ1v) is 18.6. The topological polar surface area (TPSA) is 20.7 Å². The van der Waals surface area contributed by atoms with Crippen LogP contribution in [0.5, 0.6) is 0 Å². The summed E-state index contributed by atoms with van der Waals surface area (Å²) in [5.74, 6) is 0.889. The number of hydrogen-bond acceptors (Lipinski definition) is 6. The molecule has 8 heteroatoms. The maximum atomic E-state index is 4.44. The molecule has 6 nitrogen and oxygen atoms in total. The molecule has 2 heterocycles. The molecule has 0 aliphatic carbocycles. The van der Waals surface area contributed by atoms with E-state index in [2.05, 4.69) is 232 Å². The van der Waals surface area contributed by atoms with Gasteiger partial charge in [-0.1, -0.05) is 55.5 Å². The van der Waals surface area contributed by atoms with E-state index < -0.39 is 0 Å². The minimum atomic E-state index is 0.411. The first-order chi connectivity index (χ1) is 23.9. The molecule has 4 aromatic rings. The molecule has 0 aliphatic heterocycles. The van der Waals surface area contributed by atoms with Gasteiger partial charge in [0.1, 0.15) is 0 Å². The summed E-state index contributed by atoms with van der Waals surface area (Å²) < 4.78 is 4.45. The van der Waals surface area contributed by atoms with Gasteiger partial charge in [-0.15, -0.1) is 0 Å². The highest BCUT2D eigenvalue weighted by Crippen LogP contribution is 2.15. The summed E-state index contributed by atoms with van der Waals surface area (Å²) in [6, 6.07) is 26.3. The fraction of sp³-hybridized carbons (Fsp3) is 0.381. The Morgan fingerprint density at radius 1 is 0.560 bits per heavy atom. The van der Waals surface area contributed by atoms with Crippen LogP contribution in [-0.4, -0.2) is 88.8 Å². The van der Waals surface area contributed by atoms with E-state index in [1.54, 1.807) is 0 Å². The predicted octanol–water partition coefficient (Wildman–Crippen LogP) is 6.92. The third kappa shape index (κ3) is 15.1. The number of anilines is 2. The molecule has 2 unspecified atom stereocenters. The van der Waals surface area contributed by atoms with Gasteiger partial charge < -0.3 is 9.80 Å². The highest BCUT2D eigenvalue weighted by molar-refractivity contribution is 7.81. The summed E-state index contributed by atoms with van der Waals surface area (Å²) in [7, 11) is 12.5. The zero-order valence-electron chi connectivity index (χ0n) is 31.5. The van der Waals surface area contributed by atoms with Crippen molar-refractivity contribution in [2.24, 2.45) is 0 Å². The van der Waals surface area contributed by atoms with Crippen molar-refractivity contribution < 1.29 is 9.13 Å². The van der Waals surface area contributed by atoms with Gasteiger partial charge in [-0.3, -0.25) is 9.80 Å². The van der Waals surface area contributed by atoms with Crippen LogP contribution in [0, 0.1) is 0 Å². The largest absolute Gasteiger partial charge is 0.378 e. The molecule has 2 aromatic heterocycles. The SMILES string of the molecule is CC(CS)N(C)CC[n+]1ccc(/C=C/c2ccc(N(C)C)cc2)cc1.CC(S)CN(C)CC[n+]1ccc(/C=C/c2ccc(N(C)C)cc2)cc1. The van der Waals surface area contributed by atoms with Crippen molar-refractivity contribution in [2.45, 2.75) is 38.2 Å². The fourth-order valence-corrected chi connectivity index (χ4v) is 5.63. The summed E-state index contributed by atoms with van der Waals surface area (Å²) >= 11 is 8.80. The molecule has 0 spiro atoms. The normalized spacial score (nSPS) is 12.7. The van der Waals surface area contributed by atoms with E-state index in [1.165, 1.54) is 33.6 Å². The van der Waals surface area contributed by atoms with Crippen molar-refractivity contribution in [3.8, 4) is 0 Å². The molecule has 0 N–H and O–H groups in total. The van der Waals surface area contributed by atoms with E-state index >= 15 is 0 Å². The monoisotopic (exact) mass is 712 g/mol. The van der Waals surface area contributed by atoms with Crippen LogP contribution in [0.1, 0.15) is 36.1 Å². The lowest BCUT2D eigenvalue weighted by Crippen LogP contribution is -2.42. The molecule has 0 radical (unpaired) electrons. The molecule has 0 aliphatic rings. The maximum Gasteiger partial charge on any atom is 0.169 e. The first kappa shape index (κ1) is 40.9. The van der Waals surface area contributed by atoms with Gasteiger partial charge in [0.15, 0.2) is 37.9 Å². The molecule has 50 heavy (non-hydrogen) atoms.